The van der Waals surface area contributed by atoms with Crippen molar-refractivity contribution in [2.45, 2.75) is 6.42 Å². The molecule has 0 unspecified atom stereocenters. The maximum atomic E-state index is 11.7. The Morgan fingerprint density at radius 1 is 1.26 bits per heavy atom. The minimum Gasteiger partial charge on any atom is -0.462 e. The average molecular weight is 288 g/mol. The Bertz CT molecular complexity index is 412. The van der Waals surface area contributed by atoms with E-state index in [1.807, 2.05) is 0 Å². The predicted octanol–water partition coefficient (Wildman–Crippen LogP) is 2.13. The van der Waals surface area contributed by atoms with Gasteiger partial charge in [0, 0.05) is 20.1 Å². The lowest BCUT2D eigenvalue weighted by Crippen LogP contribution is -2.10. The van der Waals surface area contributed by atoms with Crippen LogP contribution in [0.1, 0.15) is 16.8 Å². The zero-order valence-electron chi connectivity index (χ0n) is 10.9. The number of hydrogen-bond donors (Lipinski definition) is 1. The third-order valence-corrected chi connectivity index (χ3v) is 2.67. The van der Waals surface area contributed by atoms with Crippen molar-refractivity contribution in [3.05, 3.63) is 28.8 Å². The van der Waals surface area contributed by atoms with Gasteiger partial charge in [0.25, 0.3) is 0 Å². The second kappa shape index (κ2) is 8.74. The van der Waals surface area contributed by atoms with Crippen molar-refractivity contribution in [3.8, 4) is 0 Å². The summed E-state index contributed by atoms with van der Waals surface area (Å²) in [4.78, 5) is 11.7. The molecule has 1 rings (SSSR count). The summed E-state index contributed by atoms with van der Waals surface area (Å²) in [7, 11) is 1.61. The van der Waals surface area contributed by atoms with Crippen molar-refractivity contribution in [1.82, 2.24) is 0 Å². The van der Waals surface area contributed by atoms with Crippen molar-refractivity contribution < 1.29 is 19.0 Å². The molecule has 0 spiro atoms. The van der Waals surface area contributed by atoms with Gasteiger partial charge in [0.15, 0.2) is 0 Å². The van der Waals surface area contributed by atoms with Gasteiger partial charge in [-0.15, -0.1) is 0 Å². The molecule has 5 nitrogen and oxygen atoms in total. The summed E-state index contributed by atoms with van der Waals surface area (Å²) in [5.74, 6) is -0.416. The standard InChI is InChI=1S/C13H18ClNO4/c1-17-7-8-18-5-2-6-19-13(16)10-3-4-11(14)12(15)9-10/h3-4,9H,2,5-8,15H2,1H3. The van der Waals surface area contributed by atoms with E-state index in [0.29, 0.717) is 49.1 Å². The van der Waals surface area contributed by atoms with Crippen LogP contribution in [0, 0.1) is 0 Å². The van der Waals surface area contributed by atoms with Crippen LogP contribution in [0.4, 0.5) is 5.69 Å². The van der Waals surface area contributed by atoms with E-state index in [0.717, 1.165) is 0 Å². The average Bonchev–Trinajstić information content (AvgIpc) is 2.40. The Labute approximate surface area is 117 Å². The Morgan fingerprint density at radius 2 is 2.05 bits per heavy atom. The lowest BCUT2D eigenvalue weighted by atomic mass is 10.2. The molecule has 1 aromatic rings. The normalized spacial score (nSPS) is 10.4. The van der Waals surface area contributed by atoms with Gasteiger partial charge in [0.05, 0.1) is 36.1 Å². The number of anilines is 1. The molecule has 2 N–H and O–H groups in total. The number of nitrogens with two attached hydrogens (primary N) is 1. The SMILES string of the molecule is COCCOCCCOC(=O)c1ccc(Cl)c(N)c1. The van der Waals surface area contributed by atoms with Crippen LogP contribution in [-0.4, -0.2) is 39.5 Å². The number of nitrogen functional groups attached to an aromatic ring is 1. The van der Waals surface area contributed by atoms with Gasteiger partial charge in [-0.3, -0.25) is 0 Å². The van der Waals surface area contributed by atoms with Gasteiger partial charge < -0.3 is 19.9 Å². The van der Waals surface area contributed by atoms with Gasteiger partial charge in [0.1, 0.15) is 0 Å². The monoisotopic (exact) mass is 287 g/mol. The van der Waals surface area contributed by atoms with Crippen molar-refractivity contribution >= 4 is 23.3 Å². The molecule has 1 aromatic carbocycles. The predicted molar refractivity (Wildman–Crippen MR) is 73.5 cm³/mol. The van der Waals surface area contributed by atoms with Crippen LogP contribution in [0.5, 0.6) is 0 Å². The van der Waals surface area contributed by atoms with E-state index in [9.17, 15) is 4.79 Å². The van der Waals surface area contributed by atoms with Gasteiger partial charge in [-0.05, 0) is 18.2 Å². The first-order valence-electron chi connectivity index (χ1n) is 5.94. The van der Waals surface area contributed by atoms with Crippen molar-refractivity contribution in [2.75, 3.05) is 39.3 Å². The summed E-state index contributed by atoms with van der Waals surface area (Å²) in [5.41, 5.74) is 6.36. The minimum absolute atomic E-state index is 0.300. The van der Waals surface area contributed by atoms with E-state index in [1.54, 1.807) is 19.2 Å². The Balaban J connectivity index is 2.22. The van der Waals surface area contributed by atoms with E-state index in [2.05, 4.69) is 0 Å². The molecule has 0 amide bonds. The molecule has 0 fully saturated rings. The molecule has 0 saturated carbocycles. The molecule has 0 bridgehead atoms. The Morgan fingerprint density at radius 3 is 2.74 bits per heavy atom. The number of hydrogen-bond acceptors (Lipinski definition) is 5. The molecule has 0 aliphatic heterocycles. The minimum atomic E-state index is -0.416. The molecular formula is C13H18ClNO4. The largest absolute Gasteiger partial charge is 0.462 e. The molecule has 19 heavy (non-hydrogen) atoms. The summed E-state index contributed by atoms with van der Waals surface area (Å²) in [6, 6.07) is 4.65. The van der Waals surface area contributed by atoms with E-state index in [-0.39, 0.29) is 0 Å². The zero-order valence-corrected chi connectivity index (χ0v) is 11.6. The van der Waals surface area contributed by atoms with Gasteiger partial charge in [-0.2, -0.15) is 0 Å². The topological polar surface area (TPSA) is 70.8 Å². The fourth-order valence-electron chi connectivity index (χ4n) is 1.32. The van der Waals surface area contributed by atoms with E-state index in [4.69, 9.17) is 31.5 Å². The summed E-state index contributed by atoms with van der Waals surface area (Å²) in [6.45, 7) is 1.93. The number of halogens is 1. The number of benzene rings is 1. The summed E-state index contributed by atoms with van der Waals surface area (Å²) in [6.07, 6.45) is 0.637. The molecule has 0 radical (unpaired) electrons. The van der Waals surface area contributed by atoms with Crippen molar-refractivity contribution in [3.63, 3.8) is 0 Å². The first-order valence-corrected chi connectivity index (χ1v) is 6.31. The highest BCUT2D eigenvalue weighted by molar-refractivity contribution is 6.33. The molecule has 0 aliphatic carbocycles. The van der Waals surface area contributed by atoms with Crippen LogP contribution < -0.4 is 5.73 Å². The van der Waals surface area contributed by atoms with E-state index in [1.165, 1.54) is 6.07 Å². The molecule has 6 heteroatoms. The second-order valence-electron chi connectivity index (χ2n) is 3.83. The smallest absolute Gasteiger partial charge is 0.338 e. The first kappa shape index (κ1) is 15.8. The van der Waals surface area contributed by atoms with Crippen LogP contribution in [0.3, 0.4) is 0 Å². The van der Waals surface area contributed by atoms with Crippen LogP contribution in [0.25, 0.3) is 0 Å². The van der Waals surface area contributed by atoms with Crippen LogP contribution in [0.2, 0.25) is 5.02 Å². The van der Waals surface area contributed by atoms with Crippen LogP contribution in [0.15, 0.2) is 18.2 Å². The quantitative estimate of drug-likeness (QED) is 0.450. The highest BCUT2D eigenvalue weighted by atomic mass is 35.5. The number of ether oxygens (including phenoxy) is 3. The van der Waals surface area contributed by atoms with E-state index >= 15 is 0 Å². The second-order valence-corrected chi connectivity index (χ2v) is 4.24. The maximum absolute atomic E-state index is 11.7. The Hall–Kier alpha value is -1.30. The highest BCUT2D eigenvalue weighted by Crippen LogP contribution is 2.19. The third-order valence-electron chi connectivity index (χ3n) is 2.33. The molecule has 0 aromatic heterocycles. The van der Waals surface area contributed by atoms with Gasteiger partial charge in [0.2, 0.25) is 0 Å². The maximum Gasteiger partial charge on any atom is 0.338 e. The van der Waals surface area contributed by atoms with Gasteiger partial charge in [-0.1, -0.05) is 11.6 Å². The highest BCUT2D eigenvalue weighted by Gasteiger charge is 2.08. The molecule has 0 atom stereocenters. The van der Waals surface area contributed by atoms with Crippen molar-refractivity contribution in [1.29, 1.82) is 0 Å². The number of methoxy groups -OCH3 is 1. The molecular weight excluding hydrogens is 270 g/mol. The zero-order chi connectivity index (χ0) is 14.1. The van der Waals surface area contributed by atoms with E-state index < -0.39 is 5.97 Å². The fraction of sp³-hybridized carbons (Fsp3) is 0.462. The number of esters is 1. The summed E-state index contributed by atoms with van der Waals surface area (Å²) < 4.78 is 15.2. The van der Waals surface area contributed by atoms with Gasteiger partial charge in [-0.25, -0.2) is 4.79 Å². The molecule has 106 valence electrons. The summed E-state index contributed by atoms with van der Waals surface area (Å²) >= 11 is 5.77. The molecule has 0 aliphatic rings. The molecule has 0 saturated heterocycles. The lowest BCUT2D eigenvalue weighted by Gasteiger charge is -2.06. The summed E-state index contributed by atoms with van der Waals surface area (Å²) in [5, 5.41) is 0.420. The van der Waals surface area contributed by atoms with Crippen LogP contribution >= 0.6 is 11.6 Å². The molecule has 0 heterocycles. The third kappa shape index (κ3) is 5.92. The number of carbonyl (C=O) groups is 1. The number of rotatable bonds is 8. The number of carbonyl (C=O) groups excluding carboxylic acids is 1. The Kier molecular flexibility index (Phi) is 7.25. The first-order chi connectivity index (χ1) is 9.15. The van der Waals surface area contributed by atoms with Crippen LogP contribution in [-0.2, 0) is 14.2 Å². The lowest BCUT2D eigenvalue weighted by molar-refractivity contribution is 0.0385. The van der Waals surface area contributed by atoms with Gasteiger partial charge >= 0.3 is 5.97 Å². The fourth-order valence-corrected chi connectivity index (χ4v) is 1.44. The van der Waals surface area contributed by atoms with Crippen molar-refractivity contribution in [2.24, 2.45) is 0 Å².